The Morgan fingerprint density at radius 2 is 1.76 bits per heavy atom. The van der Waals surface area contributed by atoms with Crippen LogP contribution in [-0.4, -0.2) is 11.8 Å². The van der Waals surface area contributed by atoms with Crippen LogP contribution < -0.4 is 10.6 Å². The van der Waals surface area contributed by atoms with Crippen molar-refractivity contribution in [2.75, 3.05) is 5.32 Å². The molecule has 2 N–H and O–H groups in total. The van der Waals surface area contributed by atoms with Crippen LogP contribution in [0.5, 0.6) is 0 Å². The lowest BCUT2D eigenvalue weighted by atomic mass is 10.3. The summed E-state index contributed by atoms with van der Waals surface area (Å²) in [5.74, 6) is -0.313. The second-order valence-electron chi connectivity index (χ2n) is 4.18. The van der Waals surface area contributed by atoms with Crippen LogP contribution in [0.1, 0.15) is 12.2 Å². The number of carbonyl (C=O) groups excluding carboxylic acids is 2. The van der Waals surface area contributed by atoms with E-state index in [2.05, 4.69) is 10.6 Å². The number of carbonyl (C=O) groups is 2. The normalized spacial score (nSPS) is 10.2. The largest absolute Gasteiger partial charge is 0.467 e. The zero-order valence-corrected chi connectivity index (χ0v) is 12.4. The van der Waals surface area contributed by atoms with Crippen LogP contribution in [0.15, 0.2) is 41.0 Å². The maximum Gasteiger partial charge on any atom is 0.233 e. The number of hydrogen-bond acceptors (Lipinski definition) is 3. The number of nitrogens with one attached hydrogen (secondary N) is 2. The third kappa shape index (κ3) is 4.51. The van der Waals surface area contributed by atoms with Gasteiger partial charge in [0.15, 0.2) is 0 Å². The predicted octanol–water partition coefficient (Wildman–Crippen LogP) is 3.23. The molecular weight excluding hydrogens is 315 g/mol. The number of rotatable bonds is 5. The zero-order valence-electron chi connectivity index (χ0n) is 10.9. The summed E-state index contributed by atoms with van der Waals surface area (Å²) in [5, 5.41) is 5.71. The van der Waals surface area contributed by atoms with Gasteiger partial charge in [-0.15, -0.1) is 0 Å². The summed E-state index contributed by atoms with van der Waals surface area (Å²) in [7, 11) is 0. The maximum absolute atomic E-state index is 11.8. The van der Waals surface area contributed by atoms with Gasteiger partial charge >= 0.3 is 0 Å². The van der Waals surface area contributed by atoms with E-state index in [9.17, 15) is 9.59 Å². The summed E-state index contributed by atoms with van der Waals surface area (Å²) in [4.78, 5) is 23.4. The van der Waals surface area contributed by atoms with E-state index in [1.54, 1.807) is 30.3 Å². The van der Waals surface area contributed by atoms with Gasteiger partial charge in [0.2, 0.25) is 11.8 Å². The van der Waals surface area contributed by atoms with Gasteiger partial charge in [-0.3, -0.25) is 9.59 Å². The number of benzene rings is 1. The van der Waals surface area contributed by atoms with Gasteiger partial charge < -0.3 is 15.1 Å². The smallest absolute Gasteiger partial charge is 0.233 e. The van der Waals surface area contributed by atoms with E-state index in [1.165, 1.54) is 6.26 Å². The molecule has 0 aliphatic carbocycles. The number of amides is 2. The van der Waals surface area contributed by atoms with Crippen molar-refractivity contribution in [1.29, 1.82) is 0 Å². The summed E-state index contributed by atoms with van der Waals surface area (Å²) in [5.41, 5.74) is 0.296. The Bertz CT molecular complexity index is 621. The van der Waals surface area contributed by atoms with Gasteiger partial charge in [0.05, 0.1) is 28.5 Å². The molecule has 0 aliphatic heterocycles. The first-order chi connectivity index (χ1) is 10.1. The van der Waals surface area contributed by atoms with Crippen molar-refractivity contribution in [3.05, 3.63) is 52.4 Å². The molecule has 1 aromatic heterocycles. The Kier molecular flexibility index (Phi) is 5.25. The van der Waals surface area contributed by atoms with Crippen LogP contribution in [-0.2, 0) is 16.1 Å². The molecule has 0 aliphatic rings. The van der Waals surface area contributed by atoms with Crippen LogP contribution in [0.25, 0.3) is 0 Å². The van der Waals surface area contributed by atoms with Crippen molar-refractivity contribution in [1.82, 2.24) is 5.32 Å². The van der Waals surface area contributed by atoms with Crippen LogP contribution in [0.4, 0.5) is 5.69 Å². The minimum Gasteiger partial charge on any atom is -0.467 e. The molecule has 21 heavy (non-hydrogen) atoms. The number of anilines is 1. The lowest BCUT2D eigenvalue weighted by Crippen LogP contribution is -2.27. The molecule has 0 spiro atoms. The molecule has 0 bridgehead atoms. The van der Waals surface area contributed by atoms with E-state index < -0.39 is 11.8 Å². The van der Waals surface area contributed by atoms with E-state index in [0.717, 1.165) is 0 Å². The summed E-state index contributed by atoms with van der Waals surface area (Å²) < 4.78 is 5.07. The Balaban J connectivity index is 1.85. The highest BCUT2D eigenvalue weighted by Gasteiger charge is 2.13. The van der Waals surface area contributed by atoms with E-state index >= 15 is 0 Å². The van der Waals surface area contributed by atoms with E-state index in [-0.39, 0.29) is 13.0 Å². The summed E-state index contributed by atoms with van der Waals surface area (Å²) in [6, 6.07) is 8.30. The highest BCUT2D eigenvalue weighted by atomic mass is 35.5. The third-order valence-electron chi connectivity index (χ3n) is 2.59. The molecule has 2 aromatic rings. The van der Waals surface area contributed by atoms with Gasteiger partial charge in [0.25, 0.3) is 0 Å². The highest BCUT2D eigenvalue weighted by Crippen LogP contribution is 2.29. The Morgan fingerprint density at radius 3 is 2.38 bits per heavy atom. The minimum absolute atomic E-state index is 0.228. The molecule has 2 amide bonds. The molecular formula is C14H12Cl2N2O3. The molecule has 110 valence electrons. The zero-order chi connectivity index (χ0) is 15.2. The second kappa shape index (κ2) is 7.15. The molecule has 1 aromatic carbocycles. The third-order valence-corrected chi connectivity index (χ3v) is 3.22. The van der Waals surface area contributed by atoms with Crippen LogP contribution >= 0.6 is 23.2 Å². The maximum atomic E-state index is 11.8. The predicted molar refractivity (Wildman–Crippen MR) is 80.3 cm³/mol. The van der Waals surface area contributed by atoms with Crippen molar-refractivity contribution in [3.63, 3.8) is 0 Å². The minimum atomic E-state index is -0.498. The summed E-state index contributed by atoms with van der Waals surface area (Å²) >= 11 is 11.9. The fourth-order valence-corrected chi connectivity index (χ4v) is 2.10. The van der Waals surface area contributed by atoms with Crippen molar-refractivity contribution in [2.45, 2.75) is 13.0 Å². The molecule has 5 nitrogen and oxygen atoms in total. The quantitative estimate of drug-likeness (QED) is 0.828. The lowest BCUT2D eigenvalue weighted by Gasteiger charge is -2.09. The van der Waals surface area contributed by atoms with Gasteiger partial charge in [-0.1, -0.05) is 29.3 Å². The van der Waals surface area contributed by atoms with Crippen molar-refractivity contribution < 1.29 is 14.0 Å². The highest BCUT2D eigenvalue weighted by molar-refractivity contribution is 6.39. The SMILES string of the molecule is O=C(CC(=O)Nc1c(Cl)cccc1Cl)NCc1ccco1. The van der Waals surface area contributed by atoms with Gasteiger partial charge in [0.1, 0.15) is 12.2 Å². The number of para-hydroxylation sites is 1. The fourth-order valence-electron chi connectivity index (χ4n) is 1.61. The number of hydrogen-bond donors (Lipinski definition) is 2. The number of halogens is 2. The Labute approximate surface area is 131 Å². The lowest BCUT2D eigenvalue weighted by molar-refractivity contribution is -0.127. The number of furan rings is 1. The Hall–Kier alpha value is -1.98. The van der Waals surface area contributed by atoms with Crippen molar-refractivity contribution in [2.24, 2.45) is 0 Å². The molecule has 0 unspecified atom stereocenters. The topological polar surface area (TPSA) is 71.3 Å². The fraction of sp³-hybridized carbons (Fsp3) is 0.143. The average Bonchev–Trinajstić information content (AvgIpc) is 2.94. The molecule has 7 heteroatoms. The summed E-state index contributed by atoms with van der Waals surface area (Å²) in [6.45, 7) is 0.228. The van der Waals surface area contributed by atoms with Gasteiger partial charge in [-0.2, -0.15) is 0 Å². The first kappa shape index (κ1) is 15.4. The van der Waals surface area contributed by atoms with Gasteiger partial charge in [-0.25, -0.2) is 0 Å². The molecule has 0 atom stereocenters. The average molecular weight is 327 g/mol. The van der Waals surface area contributed by atoms with Crippen molar-refractivity contribution >= 4 is 40.7 Å². The van der Waals surface area contributed by atoms with E-state index in [1.807, 2.05) is 0 Å². The molecule has 0 saturated heterocycles. The molecule has 1 heterocycles. The monoisotopic (exact) mass is 326 g/mol. The van der Waals surface area contributed by atoms with Gasteiger partial charge in [-0.05, 0) is 24.3 Å². The molecule has 0 saturated carbocycles. The molecule has 0 fully saturated rings. The summed E-state index contributed by atoms with van der Waals surface area (Å²) in [6.07, 6.45) is 1.18. The van der Waals surface area contributed by atoms with Crippen LogP contribution in [0, 0.1) is 0 Å². The van der Waals surface area contributed by atoms with E-state index in [4.69, 9.17) is 27.6 Å². The Morgan fingerprint density at radius 1 is 1.05 bits per heavy atom. The van der Waals surface area contributed by atoms with Crippen LogP contribution in [0.2, 0.25) is 10.0 Å². The van der Waals surface area contributed by atoms with Crippen LogP contribution in [0.3, 0.4) is 0 Å². The molecule has 0 radical (unpaired) electrons. The first-order valence-electron chi connectivity index (χ1n) is 6.09. The van der Waals surface area contributed by atoms with E-state index in [0.29, 0.717) is 21.5 Å². The molecule has 2 rings (SSSR count). The van der Waals surface area contributed by atoms with Gasteiger partial charge in [0, 0.05) is 0 Å². The first-order valence-corrected chi connectivity index (χ1v) is 6.85. The standard InChI is InChI=1S/C14H12Cl2N2O3/c15-10-4-1-5-11(16)14(10)18-13(20)7-12(19)17-8-9-3-2-6-21-9/h1-6H,7-8H2,(H,17,19)(H,18,20). The van der Waals surface area contributed by atoms with Crippen molar-refractivity contribution in [3.8, 4) is 0 Å². The second-order valence-corrected chi connectivity index (χ2v) is 4.99.